The topological polar surface area (TPSA) is 37.3 Å². The average molecular weight is 254 g/mol. The molecule has 0 fully saturated rings. The summed E-state index contributed by atoms with van der Waals surface area (Å²) < 4.78 is 0. The molecule has 2 atom stereocenters. The van der Waals surface area contributed by atoms with Crippen LogP contribution in [0.1, 0.15) is 37.3 Å². The standard InChI is InChI=1S/C17H18O2/c1-11-13-8-7-12-5-3-4-6-14(12)15(13)9-10-17(11,2)16(18)19/h3-8,11H,9-10H2,1-2H3,(H,18,19). The summed E-state index contributed by atoms with van der Waals surface area (Å²) in [4.78, 5) is 11.6. The molecular weight excluding hydrogens is 236 g/mol. The second-order valence-electron chi connectivity index (χ2n) is 5.80. The van der Waals surface area contributed by atoms with Crippen LogP contribution >= 0.6 is 0 Å². The second kappa shape index (κ2) is 4.09. The van der Waals surface area contributed by atoms with Crippen LogP contribution in [0.25, 0.3) is 10.8 Å². The fourth-order valence-electron chi connectivity index (χ4n) is 3.27. The minimum absolute atomic E-state index is 0.0540. The Balaban J connectivity index is 2.21. The van der Waals surface area contributed by atoms with E-state index in [0.717, 1.165) is 6.42 Å². The molecule has 1 aliphatic carbocycles. The van der Waals surface area contributed by atoms with Gasteiger partial charge in [-0.05, 0) is 47.6 Å². The highest BCUT2D eigenvalue weighted by Gasteiger charge is 2.43. The zero-order valence-electron chi connectivity index (χ0n) is 11.3. The SMILES string of the molecule is CC1c2ccc3ccccc3c2CCC1(C)C(=O)O. The number of fused-ring (bicyclic) bond motifs is 3. The highest BCUT2D eigenvalue weighted by molar-refractivity contribution is 5.88. The first-order valence-electron chi connectivity index (χ1n) is 6.78. The monoisotopic (exact) mass is 254 g/mol. The summed E-state index contributed by atoms with van der Waals surface area (Å²) in [7, 11) is 0. The second-order valence-corrected chi connectivity index (χ2v) is 5.80. The quantitative estimate of drug-likeness (QED) is 0.835. The van der Waals surface area contributed by atoms with E-state index in [1.165, 1.54) is 21.9 Å². The van der Waals surface area contributed by atoms with Crippen LogP contribution in [0.15, 0.2) is 36.4 Å². The van der Waals surface area contributed by atoms with Crippen molar-refractivity contribution < 1.29 is 9.90 Å². The van der Waals surface area contributed by atoms with Gasteiger partial charge >= 0.3 is 5.97 Å². The third-order valence-corrected chi connectivity index (χ3v) is 4.88. The first kappa shape index (κ1) is 12.2. The Kier molecular flexibility index (Phi) is 2.63. The Morgan fingerprint density at radius 1 is 1.26 bits per heavy atom. The van der Waals surface area contributed by atoms with Crippen LogP contribution in [0, 0.1) is 5.41 Å². The Morgan fingerprint density at radius 3 is 2.74 bits per heavy atom. The van der Waals surface area contributed by atoms with Crippen LogP contribution < -0.4 is 0 Å². The van der Waals surface area contributed by atoms with Gasteiger partial charge in [-0.1, -0.05) is 43.3 Å². The molecular formula is C17H18O2. The number of hydrogen-bond acceptors (Lipinski definition) is 1. The molecule has 2 aromatic rings. The highest BCUT2D eigenvalue weighted by Crippen LogP contribution is 2.46. The molecule has 0 aliphatic heterocycles. The minimum atomic E-state index is -0.682. The van der Waals surface area contributed by atoms with Crippen molar-refractivity contribution >= 4 is 16.7 Å². The molecule has 19 heavy (non-hydrogen) atoms. The third-order valence-electron chi connectivity index (χ3n) is 4.88. The van der Waals surface area contributed by atoms with E-state index in [9.17, 15) is 9.90 Å². The summed E-state index contributed by atoms with van der Waals surface area (Å²) in [6.45, 7) is 3.92. The normalized spacial score (nSPS) is 26.1. The number of carbonyl (C=O) groups is 1. The van der Waals surface area contributed by atoms with Gasteiger partial charge < -0.3 is 5.11 Å². The van der Waals surface area contributed by atoms with Crippen LogP contribution in [0.3, 0.4) is 0 Å². The zero-order chi connectivity index (χ0) is 13.6. The lowest BCUT2D eigenvalue weighted by atomic mass is 9.65. The van der Waals surface area contributed by atoms with Crippen molar-refractivity contribution in [1.82, 2.24) is 0 Å². The largest absolute Gasteiger partial charge is 0.481 e. The Hall–Kier alpha value is -1.83. The van der Waals surface area contributed by atoms with Gasteiger partial charge in [0.25, 0.3) is 0 Å². The minimum Gasteiger partial charge on any atom is -0.481 e. The van der Waals surface area contributed by atoms with E-state index in [1.807, 2.05) is 19.9 Å². The van der Waals surface area contributed by atoms with Crippen molar-refractivity contribution in [3.05, 3.63) is 47.5 Å². The molecule has 1 N–H and O–H groups in total. The van der Waals surface area contributed by atoms with Gasteiger partial charge in [0, 0.05) is 0 Å². The highest BCUT2D eigenvalue weighted by atomic mass is 16.4. The zero-order valence-corrected chi connectivity index (χ0v) is 11.3. The summed E-state index contributed by atoms with van der Waals surface area (Å²) in [6.07, 6.45) is 1.56. The van der Waals surface area contributed by atoms with E-state index in [2.05, 4.69) is 30.3 Å². The molecule has 98 valence electrons. The molecule has 2 aromatic carbocycles. The predicted molar refractivity (Wildman–Crippen MR) is 76.4 cm³/mol. The average Bonchev–Trinajstić information content (AvgIpc) is 2.42. The molecule has 1 aliphatic rings. The number of rotatable bonds is 1. The van der Waals surface area contributed by atoms with Gasteiger partial charge in [-0.3, -0.25) is 4.79 Å². The summed E-state index contributed by atoms with van der Waals surface area (Å²) >= 11 is 0. The summed E-state index contributed by atoms with van der Waals surface area (Å²) in [5.74, 6) is -0.628. The number of aryl methyl sites for hydroxylation is 1. The molecule has 0 heterocycles. The maximum absolute atomic E-state index is 11.6. The fraction of sp³-hybridized carbons (Fsp3) is 0.353. The van der Waals surface area contributed by atoms with Crippen LogP contribution in [0.2, 0.25) is 0 Å². The van der Waals surface area contributed by atoms with Crippen molar-refractivity contribution in [3.63, 3.8) is 0 Å². The van der Waals surface area contributed by atoms with E-state index < -0.39 is 11.4 Å². The molecule has 3 rings (SSSR count). The van der Waals surface area contributed by atoms with Gasteiger partial charge in [0.05, 0.1) is 5.41 Å². The lowest BCUT2D eigenvalue weighted by Gasteiger charge is -2.38. The molecule has 0 spiro atoms. The summed E-state index contributed by atoms with van der Waals surface area (Å²) in [5, 5.41) is 12.0. The van der Waals surface area contributed by atoms with Crippen molar-refractivity contribution in [1.29, 1.82) is 0 Å². The van der Waals surface area contributed by atoms with Crippen LogP contribution in [0.4, 0.5) is 0 Å². The molecule has 0 amide bonds. The molecule has 0 aromatic heterocycles. The van der Waals surface area contributed by atoms with Crippen molar-refractivity contribution in [2.75, 3.05) is 0 Å². The maximum atomic E-state index is 11.6. The van der Waals surface area contributed by atoms with E-state index >= 15 is 0 Å². The number of benzene rings is 2. The molecule has 0 saturated heterocycles. The summed E-state index contributed by atoms with van der Waals surface area (Å²) in [5.41, 5.74) is 1.90. The van der Waals surface area contributed by atoms with E-state index in [-0.39, 0.29) is 5.92 Å². The first-order valence-corrected chi connectivity index (χ1v) is 6.78. The molecule has 2 unspecified atom stereocenters. The number of hydrogen-bond donors (Lipinski definition) is 1. The maximum Gasteiger partial charge on any atom is 0.309 e. The lowest BCUT2D eigenvalue weighted by Crippen LogP contribution is -2.37. The Labute approximate surface area is 113 Å². The van der Waals surface area contributed by atoms with Crippen molar-refractivity contribution in [2.24, 2.45) is 5.41 Å². The number of aliphatic carboxylic acids is 1. The smallest absolute Gasteiger partial charge is 0.309 e. The Morgan fingerprint density at radius 2 is 2.00 bits per heavy atom. The number of carboxylic acid groups (broad SMARTS) is 1. The van der Waals surface area contributed by atoms with Crippen molar-refractivity contribution in [2.45, 2.75) is 32.6 Å². The van der Waals surface area contributed by atoms with Crippen LogP contribution in [-0.2, 0) is 11.2 Å². The molecule has 2 heteroatoms. The van der Waals surface area contributed by atoms with Gasteiger partial charge in [0.15, 0.2) is 0 Å². The van der Waals surface area contributed by atoms with Crippen molar-refractivity contribution in [3.8, 4) is 0 Å². The van der Waals surface area contributed by atoms with Gasteiger partial charge in [-0.2, -0.15) is 0 Å². The number of carboxylic acids is 1. The predicted octanol–water partition coefficient (Wildman–Crippen LogP) is 3.98. The summed E-state index contributed by atoms with van der Waals surface area (Å²) in [6, 6.07) is 12.6. The van der Waals surface area contributed by atoms with E-state index in [4.69, 9.17) is 0 Å². The van der Waals surface area contributed by atoms with E-state index in [0.29, 0.717) is 6.42 Å². The third kappa shape index (κ3) is 1.66. The van der Waals surface area contributed by atoms with Crippen LogP contribution in [0.5, 0.6) is 0 Å². The van der Waals surface area contributed by atoms with Gasteiger partial charge in [-0.15, -0.1) is 0 Å². The van der Waals surface area contributed by atoms with Crippen LogP contribution in [-0.4, -0.2) is 11.1 Å². The molecule has 0 saturated carbocycles. The Bertz CT molecular complexity index is 659. The van der Waals surface area contributed by atoms with Gasteiger partial charge in [0.1, 0.15) is 0 Å². The van der Waals surface area contributed by atoms with Gasteiger partial charge in [0.2, 0.25) is 0 Å². The van der Waals surface area contributed by atoms with Gasteiger partial charge in [-0.25, -0.2) is 0 Å². The first-order chi connectivity index (χ1) is 9.04. The molecule has 0 bridgehead atoms. The molecule has 0 radical (unpaired) electrons. The molecule has 2 nitrogen and oxygen atoms in total. The lowest BCUT2D eigenvalue weighted by molar-refractivity contribution is -0.150. The fourth-order valence-corrected chi connectivity index (χ4v) is 3.27. The van der Waals surface area contributed by atoms with E-state index in [1.54, 1.807) is 0 Å².